The lowest BCUT2D eigenvalue weighted by Crippen LogP contribution is -2.18. The Morgan fingerprint density at radius 2 is 2.00 bits per heavy atom. The molecule has 0 spiro atoms. The first-order chi connectivity index (χ1) is 7.29. The van der Waals surface area contributed by atoms with Crippen LogP contribution in [0.15, 0.2) is 17.3 Å². The van der Waals surface area contributed by atoms with E-state index in [1.54, 1.807) is 0 Å². The Hall–Kier alpha value is -1.88. The number of oxime groups is 1. The van der Waals surface area contributed by atoms with Gasteiger partial charge in [-0.05, 0) is 29.3 Å². The Labute approximate surface area is 97.6 Å². The normalized spacial score (nSPS) is 15.8. The van der Waals surface area contributed by atoms with Crippen molar-refractivity contribution in [2.75, 3.05) is 6.79 Å². The van der Waals surface area contributed by atoms with Crippen LogP contribution >= 0.6 is 12.4 Å². The highest BCUT2D eigenvalue weighted by Gasteiger charge is 2.25. The number of benzene rings is 1. The molecule has 1 heterocycles. The predicted molar refractivity (Wildman–Crippen MR) is 61.1 cm³/mol. The van der Waals surface area contributed by atoms with Crippen LogP contribution in [0.4, 0.5) is 0 Å². The molecule has 2 aliphatic rings. The molecule has 3 rings (SSSR count). The van der Waals surface area contributed by atoms with Gasteiger partial charge in [0, 0.05) is 5.57 Å². The van der Waals surface area contributed by atoms with Gasteiger partial charge in [0.1, 0.15) is 0 Å². The van der Waals surface area contributed by atoms with Gasteiger partial charge >= 0.3 is 0 Å². The van der Waals surface area contributed by atoms with Gasteiger partial charge in [-0.2, -0.15) is 0 Å². The molecule has 1 aromatic rings. The smallest absolute Gasteiger partial charge is 0.231 e. The van der Waals surface area contributed by atoms with Crippen LogP contribution in [-0.2, 0) is 0 Å². The van der Waals surface area contributed by atoms with Crippen LogP contribution in [-0.4, -0.2) is 17.8 Å². The summed E-state index contributed by atoms with van der Waals surface area (Å²) in [4.78, 5) is 0. The van der Waals surface area contributed by atoms with Crippen LogP contribution in [0.2, 0.25) is 0 Å². The summed E-state index contributed by atoms with van der Waals surface area (Å²) >= 11 is 0. The zero-order valence-electron chi connectivity index (χ0n) is 8.14. The fourth-order valence-corrected chi connectivity index (χ4v) is 1.73. The number of nitrogens with two attached hydrogens (primary N) is 1. The van der Waals surface area contributed by atoms with E-state index in [9.17, 15) is 0 Å². The molecule has 0 fully saturated rings. The second-order valence-electron chi connectivity index (χ2n) is 3.34. The number of nitrogens with zero attached hydrogens (tertiary/aromatic N) is 1. The minimum absolute atomic E-state index is 0. The van der Waals surface area contributed by atoms with E-state index in [1.165, 1.54) is 0 Å². The van der Waals surface area contributed by atoms with Crippen molar-refractivity contribution in [3.05, 3.63) is 23.3 Å². The molecule has 1 aliphatic carbocycles. The molecule has 0 bridgehead atoms. The average molecular weight is 241 g/mol. The number of amidine groups is 1. The monoisotopic (exact) mass is 240 g/mol. The molecule has 3 N–H and O–H groups in total. The molecule has 0 radical (unpaired) electrons. The fourth-order valence-electron chi connectivity index (χ4n) is 1.73. The summed E-state index contributed by atoms with van der Waals surface area (Å²) in [6, 6.07) is 3.72. The van der Waals surface area contributed by atoms with E-state index in [1.807, 2.05) is 18.2 Å². The average Bonchev–Trinajstić information content (AvgIpc) is 2.67. The lowest BCUT2D eigenvalue weighted by molar-refractivity contribution is 0.174. The molecule has 1 aromatic carbocycles. The topological polar surface area (TPSA) is 77.1 Å². The molecule has 6 heteroatoms. The van der Waals surface area contributed by atoms with E-state index in [4.69, 9.17) is 20.4 Å². The van der Waals surface area contributed by atoms with Gasteiger partial charge in [0.25, 0.3) is 0 Å². The van der Waals surface area contributed by atoms with Crippen LogP contribution in [0.1, 0.15) is 11.1 Å². The Morgan fingerprint density at radius 3 is 2.69 bits per heavy atom. The first-order valence-electron chi connectivity index (χ1n) is 4.43. The van der Waals surface area contributed by atoms with E-state index < -0.39 is 0 Å². The van der Waals surface area contributed by atoms with Gasteiger partial charge in [0.2, 0.25) is 6.79 Å². The Morgan fingerprint density at radius 1 is 1.31 bits per heavy atom. The Bertz CT molecular complexity index is 511. The highest BCUT2D eigenvalue weighted by atomic mass is 35.5. The van der Waals surface area contributed by atoms with Crippen LogP contribution < -0.4 is 15.2 Å². The van der Waals surface area contributed by atoms with Crippen LogP contribution in [0, 0.1) is 0 Å². The number of rotatable bonds is 1. The molecule has 0 saturated heterocycles. The highest BCUT2D eigenvalue weighted by molar-refractivity contribution is 6.31. The van der Waals surface area contributed by atoms with Crippen LogP contribution in [0.5, 0.6) is 11.5 Å². The van der Waals surface area contributed by atoms with Gasteiger partial charge in [-0.15, -0.1) is 12.4 Å². The Kier molecular flexibility index (Phi) is 2.40. The summed E-state index contributed by atoms with van der Waals surface area (Å²) in [5.41, 5.74) is 8.17. The van der Waals surface area contributed by atoms with Crippen molar-refractivity contribution < 1.29 is 14.7 Å². The Balaban J connectivity index is 0.000000963. The van der Waals surface area contributed by atoms with Crippen molar-refractivity contribution in [2.45, 2.75) is 0 Å². The summed E-state index contributed by atoms with van der Waals surface area (Å²) in [5.74, 6) is 1.55. The molecule has 5 nitrogen and oxygen atoms in total. The largest absolute Gasteiger partial charge is 0.454 e. The van der Waals surface area contributed by atoms with Crippen molar-refractivity contribution in [2.24, 2.45) is 10.9 Å². The van der Waals surface area contributed by atoms with Gasteiger partial charge in [0.15, 0.2) is 17.3 Å². The maximum atomic E-state index is 8.56. The fraction of sp³-hybridized carbons (Fsp3) is 0.100. The minimum Gasteiger partial charge on any atom is -0.454 e. The second-order valence-corrected chi connectivity index (χ2v) is 3.34. The zero-order chi connectivity index (χ0) is 10.4. The van der Waals surface area contributed by atoms with Gasteiger partial charge in [-0.3, -0.25) is 0 Å². The third-order valence-electron chi connectivity index (χ3n) is 2.52. The van der Waals surface area contributed by atoms with Crippen LogP contribution in [0.3, 0.4) is 0 Å². The molecule has 1 aliphatic heterocycles. The van der Waals surface area contributed by atoms with Crippen molar-refractivity contribution in [1.29, 1.82) is 0 Å². The third-order valence-corrected chi connectivity index (χ3v) is 2.52. The van der Waals surface area contributed by atoms with Crippen molar-refractivity contribution in [3.8, 4) is 11.5 Å². The number of hydrogen-bond acceptors (Lipinski definition) is 4. The molecule has 0 saturated carbocycles. The van der Waals surface area contributed by atoms with Crippen molar-refractivity contribution >= 4 is 29.9 Å². The van der Waals surface area contributed by atoms with E-state index in [-0.39, 0.29) is 25.0 Å². The quantitative estimate of drug-likeness (QED) is 0.337. The molecular weight excluding hydrogens is 232 g/mol. The molecular formula is C10H9ClN2O3. The zero-order valence-corrected chi connectivity index (χ0v) is 8.95. The first kappa shape index (κ1) is 10.6. The molecule has 16 heavy (non-hydrogen) atoms. The first-order valence-corrected chi connectivity index (χ1v) is 4.43. The van der Waals surface area contributed by atoms with Gasteiger partial charge in [-0.25, -0.2) is 0 Å². The van der Waals surface area contributed by atoms with Crippen molar-refractivity contribution in [3.63, 3.8) is 0 Å². The summed E-state index contributed by atoms with van der Waals surface area (Å²) in [5, 5.41) is 11.5. The summed E-state index contributed by atoms with van der Waals surface area (Å²) in [6.07, 6.45) is 1.84. The van der Waals surface area contributed by atoms with Gasteiger partial charge in [-0.1, -0.05) is 5.16 Å². The summed E-state index contributed by atoms with van der Waals surface area (Å²) in [6.45, 7) is 0.247. The van der Waals surface area contributed by atoms with E-state index >= 15 is 0 Å². The molecule has 0 aromatic heterocycles. The minimum atomic E-state index is 0. The number of ether oxygens (including phenoxy) is 2. The summed E-state index contributed by atoms with van der Waals surface area (Å²) < 4.78 is 10.5. The van der Waals surface area contributed by atoms with E-state index in [0.29, 0.717) is 5.75 Å². The van der Waals surface area contributed by atoms with Crippen molar-refractivity contribution in [1.82, 2.24) is 0 Å². The van der Waals surface area contributed by atoms with Gasteiger partial charge in [0.05, 0.1) is 0 Å². The molecule has 0 atom stereocenters. The number of fused-ring (bicyclic) bond motifs is 2. The standard InChI is InChI=1S/C10H8N2O3.ClH/c11-10(12-13)7-1-5-2-8-9(3-6(5)7)15-4-14-8;/h1-3,13H,4H2,(H2,11,12);1H. The summed E-state index contributed by atoms with van der Waals surface area (Å²) in [7, 11) is 0. The maximum Gasteiger partial charge on any atom is 0.231 e. The van der Waals surface area contributed by atoms with Crippen LogP contribution in [0.25, 0.3) is 11.6 Å². The SMILES string of the molecule is Cl.NC(=NO)C1=Cc2cc3c(cc21)OCO3. The van der Waals surface area contributed by atoms with E-state index in [2.05, 4.69) is 5.16 Å². The predicted octanol–water partition coefficient (Wildman–Crippen LogP) is 1.44. The highest BCUT2D eigenvalue weighted by Crippen LogP contribution is 2.42. The van der Waals surface area contributed by atoms with E-state index in [0.717, 1.165) is 22.4 Å². The third kappa shape index (κ3) is 1.29. The lowest BCUT2D eigenvalue weighted by atomic mass is 9.87. The molecule has 0 amide bonds. The molecule has 0 unspecified atom stereocenters. The number of hydrogen-bond donors (Lipinski definition) is 2. The maximum absolute atomic E-state index is 8.56. The lowest BCUT2D eigenvalue weighted by Gasteiger charge is -2.19. The second kappa shape index (κ2) is 3.61. The number of halogens is 1. The van der Waals surface area contributed by atoms with Gasteiger partial charge < -0.3 is 20.4 Å². The molecule has 84 valence electrons.